The lowest BCUT2D eigenvalue weighted by molar-refractivity contribution is -0.151. The molecule has 3 unspecified atom stereocenters. The van der Waals surface area contributed by atoms with Crippen LogP contribution < -0.4 is 5.32 Å². The highest BCUT2D eigenvalue weighted by molar-refractivity contribution is 5.84. The first-order chi connectivity index (χ1) is 9.15. The molecule has 0 radical (unpaired) electrons. The number of hydrogen-bond donors (Lipinski definition) is 1. The highest BCUT2D eigenvalue weighted by Gasteiger charge is 2.41. The lowest BCUT2D eigenvalue weighted by Crippen LogP contribution is -2.48. The van der Waals surface area contributed by atoms with Crippen molar-refractivity contribution in [2.24, 2.45) is 11.8 Å². The van der Waals surface area contributed by atoms with E-state index in [1.165, 1.54) is 0 Å². The van der Waals surface area contributed by atoms with Gasteiger partial charge in [-0.3, -0.25) is 9.59 Å². The van der Waals surface area contributed by atoms with E-state index >= 15 is 0 Å². The van der Waals surface area contributed by atoms with Gasteiger partial charge in [0.1, 0.15) is 0 Å². The Morgan fingerprint density at radius 1 is 1.37 bits per heavy atom. The number of hydrogen-bond acceptors (Lipinski definition) is 3. The summed E-state index contributed by atoms with van der Waals surface area (Å²) in [6, 6.07) is 9.71. The number of piperidine rings is 1. The van der Waals surface area contributed by atoms with Crippen LogP contribution in [0.1, 0.15) is 25.3 Å². The number of esters is 1. The van der Waals surface area contributed by atoms with E-state index in [1.54, 1.807) is 6.92 Å². The van der Waals surface area contributed by atoms with Crippen molar-refractivity contribution in [1.29, 1.82) is 0 Å². The Kier molecular flexibility index (Phi) is 4.20. The quantitative estimate of drug-likeness (QED) is 0.843. The largest absolute Gasteiger partial charge is 0.466 e. The first-order valence-corrected chi connectivity index (χ1v) is 6.64. The van der Waals surface area contributed by atoms with Crippen LogP contribution in [0.25, 0.3) is 0 Å². The molecule has 102 valence electrons. The van der Waals surface area contributed by atoms with Crippen molar-refractivity contribution in [2.75, 3.05) is 13.2 Å². The summed E-state index contributed by atoms with van der Waals surface area (Å²) in [5, 5.41) is 2.78. The van der Waals surface area contributed by atoms with E-state index in [4.69, 9.17) is 4.74 Å². The molecule has 1 heterocycles. The van der Waals surface area contributed by atoms with Gasteiger partial charge in [-0.1, -0.05) is 37.3 Å². The molecule has 1 N–H and O–H groups in total. The molecule has 1 aromatic rings. The first kappa shape index (κ1) is 13.6. The standard InChI is InChI=1S/C15H19NO3/c1-3-19-15(18)12-9-16-14(17)10(2)13(12)11-7-5-4-6-8-11/h4-8,10,12-13H,3,9H2,1-2H3,(H,16,17). The topological polar surface area (TPSA) is 55.4 Å². The number of amides is 1. The third kappa shape index (κ3) is 2.78. The highest BCUT2D eigenvalue weighted by Crippen LogP contribution is 2.35. The Bertz CT molecular complexity index is 458. The maximum Gasteiger partial charge on any atom is 0.311 e. The fraction of sp³-hybridized carbons (Fsp3) is 0.467. The monoisotopic (exact) mass is 261 g/mol. The van der Waals surface area contributed by atoms with Crippen LogP contribution in [0.5, 0.6) is 0 Å². The molecule has 1 fully saturated rings. The summed E-state index contributed by atoms with van der Waals surface area (Å²) in [5.41, 5.74) is 1.02. The van der Waals surface area contributed by atoms with Crippen molar-refractivity contribution in [1.82, 2.24) is 5.32 Å². The van der Waals surface area contributed by atoms with Gasteiger partial charge in [-0.25, -0.2) is 0 Å². The molecule has 1 aliphatic heterocycles. The molecule has 0 aliphatic carbocycles. The van der Waals surface area contributed by atoms with Gasteiger partial charge in [-0.2, -0.15) is 0 Å². The van der Waals surface area contributed by atoms with Crippen LogP contribution in [0.15, 0.2) is 30.3 Å². The third-order valence-corrected chi connectivity index (χ3v) is 3.66. The third-order valence-electron chi connectivity index (χ3n) is 3.66. The number of carbonyl (C=O) groups excluding carboxylic acids is 2. The Morgan fingerprint density at radius 2 is 2.05 bits per heavy atom. The smallest absolute Gasteiger partial charge is 0.311 e. The van der Waals surface area contributed by atoms with E-state index < -0.39 is 0 Å². The molecule has 1 amide bonds. The maximum absolute atomic E-state index is 12.1. The normalized spacial score (nSPS) is 26.6. The zero-order valence-electron chi connectivity index (χ0n) is 11.3. The minimum absolute atomic E-state index is 0.00518. The maximum atomic E-state index is 12.1. The van der Waals surface area contributed by atoms with Gasteiger partial charge in [-0.05, 0) is 12.5 Å². The number of nitrogens with one attached hydrogen (secondary N) is 1. The second-order valence-corrected chi connectivity index (χ2v) is 4.83. The van der Waals surface area contributed by atoms with Gasteiger partial charge in [0.05, 0.1) is 12.5 Å². The predicted molar refractivity (Wildman–Crippen MR) is 71.5 cm³/mol. The Morgan fingerprint density at radius 3 is 2.68 bits per heavy atom. The van der Waals surface area contributed by atoms with Crippen LogP contribution in [0, 0.1) is 11.8 Å². The van der Waals surface area contributed by atoms with Crippen LogP contribution in [-0.4, -0.2) is 25.0 Å². The van der Waals surface area contributed by atoms with Gasteiger partial charge in [0.25, 0.3) is 0 Å². The lowest BCUT2D eigenvalue weighted by atomic mass is 9.74. The number of carbonyl (C=O) groups is 2. The Balaban J connectivity index is 2.31. The summed E-state index contributed by atoms with van der Waals surface area (Å²) in [5.74, 6) is -0.896. The van der Waals surface area contributed by atoms with Gasteiger partial charge in [0.2, 0.25) is 5.91 Å². The van der Waals surface area contributed by atoms with Gasteiger partial charge in [0.15, 0.2) is 0 Å². The van der Waals surface area contributed by atoms with E-state index in [1.807, 2.05) is 37.3 Å². The fourth-order valence-corrected chi connectivity index (χ4v) is 2.69. The minimum atomic E-state index is -0.310. The highest BCUT2D eigenvalue weighted by atomic mass is 16.5. The summed E-state index contributed by atoms with van der Waals surface area (Å²) in [7, 11) is 0. The molecule has 19 heavy (non-hydrogen) atoms. The van der Waals surface area contributed by atoms with Gasteiger partial charge >= 0.3 is 5.97 Å². The molecule has 3 atom stereocenters. The van der Waals surface area contributed by atoms with E-state index in [0.29, 0.717) is 13.2 Å². The van der Waals surface area contributed by atoms with E-state index in [-0.39, 0.29) is 29.6 Å². The molecule has 1 aromatic carbocycles. The SMILES string of the molecule is CCOC(=O)C1CNC(=O)C(C)C1c1ccccc1. The molecule has 4 heteroatoms. The molecule has 0 saturated carbocycles. The van der Waals surface area contributed by atoms with Crippen molar-refractivity contribution in [3.8, 4) is 0 Å². The second-order valence-electron chi connectivity index (χ2n) is 4.83. The van der Waals surface area contributed by atoms with Crippen molar-refractivity contribution in [3.05, 3.63) is 35.9 Å². The van der Waals surface area contributed by atoms with E-state index in [0.717, 1.165) is 5.56 Å². The zero-order valence-corrected chi connectivity index (χ0v) is 11.3. The second kappa shape index (κ2) is 5.87. The average Bonchev–Trinajstić information content (AvgIpc) is 2.43. The van der Waals surface area contributed by atoms with Gasteiger partial charge in [-0.15, -0.1) is 0 Å². The summed E-state index contributed by atoms with van der Waals surface area (Å²) in [4.78, 5) is 23.9. The molecule has 0 aromatic heterocycles. The predicted octanol–water partition coefficient (Wildman–Crippen LogP) is 1.72. The molecular weight excluding hydrogens is 242 g/mol. The van der Waals surface area contributed by atoms with Crippen LogP contribution >= 0.6 is 0 Å². The fourth-order valence-electron chi connectivity index (χ4n) is 2.69. The van der Waals surface area contributed by atoms with E-state index in [2.05, 4.69) is 5.32 Å². The lowest BCUT2D eigenvalue weighted by Gasteiger charge is -2.35. The Labute approximate surface area is 113 Å². The first-order valence-electron chi connectivity index (χ1n) is 6.64. The summed E-state index contributed by atoms with van der Waals surface area (Å²) in [6.07, 6.45) is 0. The van der Waals surface area contributed by atoms with Crippen LogP contribution in [-0.2, 0) is 14.3 Å². The number of rotatable bonds is 3. The van der Waals surface area contributed by atoms with E-state index in [9.17, 15) is 9.59 Å². The number of benzene rings is 1. The molecule has 4 nitrogen and oxygen atoms in total. The van der Waals surface area contributed by atoms with Crippen molar-refractivity contribution in [2.45, 2.75) is 19.8 Å². The number of ether oxygens (including phenoxy) is 1. The summed E-state index contributed by atoms with van der Waals surface area (Å²) in [6.45, 7) is 4.36. The van der Waals surface area contributed by atoms with Gasteiger partial charge in [0, 0.05) is 18.4 Å². The van der Waals surface area contributed by atoms with Crippen molar-refractivity contribution >= 4 is 11.9 Å². The van der Waals surface area contributed by atoms with Gasteiger partial charge < -0.3 is 10.1 Å². The molecule has 0 bridgehead atoms. The van der Waals surface area contributed by atoms with Crippen LogP contribution in [0.3, 0.4) is 0 Å². The van der Waals surface area contributed by atoms with Crippen molar-refractivity contribution < 1.29 is 14.3 Å². The molecule has 2 rings (SSSR count). The average molecular weight is 261 g/mol. The van der Waals surface area contributed by atoms with Crippen LogP contribution in [0.4, 0.5) is 0 Å². The van der Waals surface area contributed by atoms with Crippen molar-refractivity contribution in [3.63, 3.8) is 0 Å². The summed E-state index contributed by atoms with van der Waals surface area (Å²) >= 11 is 0. The molecular formula is C15H19NO3. The molecule has 1 saturated heterocycles. The molecule has 0 spiro atoms. The van der Waals surface area contributed by atoms with Crippen LogP contribution in [0.2, 0.25) is 0 Å². The molecule has 1 aliphatic rings. The minimum Gasteiger partial charge on any atom is -0.466 e. The Hall–Kier alpha value is -1.84. The summed E-state index contributed by atoms with van der Waals surface area (Å²) < 4.78 is 5.13. The zero-order chi connectivity index (χ0) is 13.8.